The molecule has 0 saturated heterocycles. The van der Waals surface area contributed by atoms with Crippen LogP contribution in [-0.2, 0) is 11.2 Å². The minimum Gasteiger partial charge on any atom is -0.496 e. The third-order valence-corrected chi connectivity index (χ3v) is 5.18. The number of rotatable bonds is 5. The first kappa shape index (κ1) is 22.4. The Morgan fingerprint density at radius 2 is 1.76 bits per heavy atom. The Morgan fingerprint density at radius 1 is 1.06 bits per heavy atom. The summed E-state index contributed by atoms with van der Waals surface area (Å²) in [6.45, 7) is 0. The van der Waals surface area contributed by atoms with E-state index in [0.29, 0.717) is 39.4 Å². The first-order valence-corrected chi connectivity index (χ1v) is 9.99. The highest BCUT2D eigenvalue weighted by Crippen LogP contribution is 2.37. The van der Waals surface area contributed by atoms with Crippen molar-refractivity contribution >= 4 is 34.2 Å². The first-order valence-electron chi connectivity index (χ1n) is 9.61. The predicted octanol–water partition coefficient (Wildman–Crippen LogP) is 5.72. The molecular formula is C24H15ClF3NO4. The summed E-state index contributed by atoms with van der Waals surface area (Å²) in [7, 11) is 1.45. The number of fused-ring (bicyclic) bond motifs is 1. The third-order valence-electron chi connectivity index (χ3n) is 4.95. The summed E-state index contributed by atoms with van der Waals surface area (Å²) in [4.78, 5) is 25.5. The smallest absolute Gasteiger partial charge is 0.340 e. The van der Waals surface area contributed by atoms with E-state index < -0.39 is 41.1 Å². The Kier molecular flexibility index (Phi) is 6.11. The van der Waals surface area contributed by atoms with Crippen molar-refractivity contribution in [1.82, 2.24) is 0 Å². The van der Waals surface area contributed by atoms with E-state index in [4.69, 9.17) is 20.8 Å². The van der Waals surface area contributed by atoms with Crippen LogP contribution >= 0.6 is 11.6 Å². The number of benzene rings is 3. The van der Waals surface area contributed by atoms with Gasteiger partial charge in [0, 0.05) is 33.7 Å². The molecule has 5 nitrogen and oxygen atoms in total. The Balaban J connectivity index is 1.86. The number of para-hydroxylation sites is 1. The van der Waals surface area contributed by atoms with E-state index in [1.807, 2.05) is 0 Å². The molecule has 0 bridgehead atoms. The van der Waals surface area contributed by atoms with Crippen molar-refractivity contribution in [2.24, 2.45) is 0 Å². The van der Waals surface area contributed by atoms with Crippen molar-refractivity contribution in [3.05, 3.63) is 93.1 Å². The number of amides is 1. The zero-order valence-electron chi connectivity index (χ0n) is 17.0. The maximum absolute atomic E-state index is 14.0. The lowest BCUT2D eigenvalue weighted by Crippen LogP contribution is -2.21. The Bertz CT molecular complexity index is 1430. The molecule has 0 aliphatic heterocycles. The number of anilines is 1. The summed E-state index contributed by atoms with van der Waals surface area (Å²) in [6.07, 6.45) is -0.589. The zero-order valence-corrected chi connectivity index (χ0v) is 17.8. The van der Waals surface area contributed by atoms with Crippen molar-refractivity contribution in [1.29, 1.82) is 0 Å². The molecule has 1 heterocycles. The molecule has 0 aliphatic carbocycles. The number of hydrogen-bond donors (Lipinski definition) is 1. The second-order valence-electron chi connectivity index (χ2n) is 7.05. The fourth-order valence-electron chi connectivity index (χ4n) is 3.54. The van der Waals surface area contributed by atoms with E-state index in [9.17, 15) is 22.8 Å². The Hall–Kier alpha value is -3.78. The maximum Gasteiger partial charge on any atom is 0.340 e. The molecule has 0 saturated carbocycles. The zero-order chi connectivity index (χ0) is 23.7. The second kappa shape index (κ2) is 8.99. The lowest BCUT2D eigenvalue weighted by atomic mass is 9.94. The summed E-state index contributed by atoms with van der Waals surface area (Å²) >= 11 is 6.16. The molecule has 0 unspecified atom stereocenters. The van der Waals surface area contributed by atoms with Crippen molar-refractivity contribution in [3.8, 4) is 16.9 Å². The van der Waals surface area contributed by atoms with E-state index >= 15 is 0 Å². The molecule has 1 N–H and O–H groups in total. The van der Waals surface area contributed by atoms with E-state index in [2.05, 4.69) is 5.32 Å². The molecule has 0 spiro atoms. The topological polar surface area (TPSA) is 68.5 Å². The molecule has 1 amide bonds. The lowest BCUT2D eigenvalue weighted by molar-refractivity contribution is -0.115. The molecule has 3 aromatic carbocycles. The highest BCUT2D eigenvalue weighted by molar-refractivity contribution is 6.31. The Labute approximate surface area is 190 Å². The molecule has 1 aromatic heterocycles. The summed E-state index contributed by atoms with van der Waals surface area (Å²) in [5.41, 5.74) is -0.673. The lowest BCUT2D eigenvalue weighted by Gasteiger charge is -2.15. The van der Waals surface area contributed by atoms with Crippen LogP contribution in [0.2, 0.25) is 5.02 Å². The third kappa shape index (κ3) is 4.42. The van der Waals surface area contributed by atoms with Crippen LogP contribution < -0.4 is 15.7 Å². The van der Waals surface area contributed by atoms with Crippen molar-refractivity contribution in [2.75, 3.05) is 12.4 Å². The number of carbonyl (C=O) groups excluding carboxylic acids is 1. The van der Waals surface area contributed by atoms with E-state index in [0.717, 1.165) is 0 Å². The standard InChI is InChI=1S/C24H15ClF3NO4/c1-32-19-5-3-2-4-14(19)22-15-8-12(25)6-7-20(15)33-24(31)16(22)11-21(30)29-23-17(27)9-13(26)10-18(23)28/h2-10H,11H2,1H3,(H,29,30). The van der Waals surface area contributed by atoms with Gasteiger partial charge >= 0.3 is 5.63 Å². The molecule has 0 radical (unpaired) electrons. The van der Waals surface area contributed by atoms with Gasteiger partial charge in [0.15, 0.2) is 11.6 Å². The van der Waals surface area contributed by atoms with Gasteiger partial charge in [-0.25, -0.2) is 18.0 Å². The molecule has 33 heavy (non-hydrogen) atoms. The van der Waals surface area contributed by atoms with Gasteiger partial charge in [-0.1, -0.05) is 29.8 Å². The van der Waals surface area contributed by atoms with E-state index in [1.165, 1.54) is 13.2 Å². The van der Waals surface area contributed by atoms with Gasteiger partial charge in [0.2, 0.25) is 5.91 Å². The quantitative estimate of drug-likeness (QED) is 0.376. The van der Waals surface area contributed by atoms with Crippen LogP contribution in [0.4, 0.5) is 18.9 Å². The number of ether oxygens (including phenoxy) is 1. The number of hydrogen-bond acceptors (Lipinski definition) is 4. The monoisotopic (exact) mass is 473 g/mol. The van der Waals surface area contributed by atoms with Gasteiger partial charge < -0.3 is 14.5 Å². The first-order chi connectivity index (χ1) is 15.8. The van der Waals surface area contributed by atoms with Crippen LogP contribution in [0.3, 0.4) is 0 Å². The maximum atomic E-state index is 14.0. The van der Waals surface area contributed by atoms with Gasteiger partial charge in [0.25, 0.3) is 0 Å². The van der Waals surface area contributed by atoms with Gasteiger partial charge in [0.1, 0.15) is 22.8 Å². The second-order valence-corrected chi connectivity index (χ2v) is 7.49. The molecule has 0 fully saturated rings. The number of carbonyl (C=O) groups is 1. The summed E-state index contributed by atoms with van der Waals surface area (Å²) in [5, 5.41) is 2.85. The van der Waals surface area contributed by atoms with E-state index in [-0.39, 0.29) is 11.1 Å². The number of halogens is 4. The molecular weight excluding hydrogens is 459 g/mol. The van der Waals surface area contributed by atoms with Crippen LogP contribution in [0.5, 0.6) is 5.75 Å². The molecule has 9 heteroatoms. The minimum absolute atomic E-state index is 0.0744. The van der Waals surface area contributed by atoms with E-state index in [1.54, 1.807) is 36.4 Å². The fraction of sp³-hybridized carbons (Fsp3) is 0.0833. The van der Waals surface area contributed by atoms with Gasteiger partial charge in [-0.3, -0.25) is 4.79 Å². The largest absolute Gasteiger partial charge is 0.496 e. The normalized spacial score (nSPS) is 10.9. The molecule has 4 rings (SSSR count). The molecule has 168 valence electrons. The number of nitrogens with one attached hydrogen (secondary N) is 1. The highest BCUT2D eigenvalue weighted by atomic mass is 35.5. The van der Waals surface area contributed by atoms with Gasteiger partial charge in [-0.05, 0) is 24.3 Å². The average molecular weight is 474 g/mol. The average Bonchev–Trinajstić information content (AvgIpc) is 2.77. The highest BCUT2D eigenvalue weighted by Gasteiger charge is 2.23. The predicted molar refractivity (Wildman–Crippen MR) is 118 cm³/mol. The van der Waals surface area contributed by atoms with Crippen molar-refractivity contribution in [2.45, 2.75) is 6.42 Å². The van der Waals surface area contributed by atoms with Gasteiger partial charge in [-0.15, -0.1) is 0 Å². The fourth-order valence-corrected chi connectivity index (χ4v) is 3.71. The summed E-state index contributed by atoms with van der Waals surface area (Å²) < 4.78 is 51.9. The van der Waals surface area contributed by atoms with Gasteiger partial charge in [-0.2, -0.15) is 0 Å². The summed E-state index contributed by atoms with van der Waals surface area (Å²) in [5.74, 6) is -4.20. The molecule has 0 atom stereocenters. The van der Waals surface area contributed by atoms with Crippen LogP contribution in [0.1, 0.15) is 5.56 Å². The number of methoxy groups -OCH3 is 1. The van der Waals surface area contributed by atoms with Crippen molar-refractivity contribution < 1.29 is 27.1 Å². The van der Waals surface area contributed by atoms with Crippen LogP contribution in [0.15, 0.2) is 63.8 Å². The van der Waals surface area contributed by atoms with Crippen LogP contribution in [-0.4, -0.2) is 13.0 Å². The minimum atomic E-state index is -1.29. The molecule has 4 aromatic rings. The van der Waals surface area contributed by atoms with Crippen molar-refractivity contribution in [3.63, 3.8) is 0 Å². The molecule has 0 aliphatic rings. The SMILES string of the molecule is COc1ccccc1-c1c(CC(=O)Nc2c(F)cc(F)cc2F)c(=O)oc2ccc(Cl)cc12. The Morgan fingerprint density at radius 3 is 2.45 bits per heavy atom. The summed E-state index contributed by atoms with van der Waals surface area (Å²) in [6, 6.07) is 12.3. The van der Waals surface area contributed by atoms with Gasteiger partial charge in [0.05, 0.1) is 19.1 Å². The van der Waals surface area contributed by atoms with Crippen LogP contribution in [0.25, 0.3) is 22.1 Å². The van der Waals surface area contributed by atoms with Crippen LogP contribution in [0, 0.1) is 17.5 Å².